The van der Waals surface area contributed by atoms with E-state index < -0.39 is 89.8 Å². The standard InChI is InChI=1S/C50H81N3O16P2/c1-3-5-7-8-9-10-11-13-18-21-24-27-31-35-46(56)67-42(38-64-45(55)34-30-26-23-20-17-15-12-14-16-19-22-25-29-33-41(54)32-28-6-4-2)39-65-70(60,61)69-71(62,63)66-40-43-47(57)48(58)49(68-43)53-37-36-44(51)52-50(53)59/h6,14-17,22-23,25-26,28-29,33,36-37,41-43,47-49,54,57-58H,3-5,7-13,18-21,24,27,30-32,34-35,38-40H2,1-2H3,(H,60,61)(H,62,63)(H2,51,52,59)/b16-14-,17-15-,25-22+,26-23-,28-6-,33-29+/t41?,42-,43-,47-,48-,49-/m1/s1. The fourth-order valence-corrected chi connectivity index (χ4v) is 9.12. The molecular formula is C50H81N3O16P2. The van der Waals surface area contributed by atoms with Crippen molar-refractivity contribution in [1.29, 1.82) is 0 Å². The van der Waals surface area contributed by atoms with Gasteiger partial charge in [0.15, 0.2) is 12.3 Å². The van der Waals surface area contributed by atoms with Crippen LogP contribution in [0.1, 0.15) is 155 Å². The highest BCUT2D eigenvalue weighted by Crippen LogP contribution is 2.60. The minimum absolute atomic E-state index is 0.0154. The van der Waals surface area contributed by atoms with E-state index in [-0.39, 0.29) is 18.7 Å². The van der Waals surface area contributed by atoms with Crippen molar-refractivity contribution in [1.82, 2.24) is 9.55 Å². The van der Waals surface area contributed by atoms with Gasteiger partial charge in [-0.3, -0.25) is 23.2 Å². The van der Waals surface area contributed by atoms with E-state index in [0.717, 1.165) is 55.7 Å². The Hall–Kier alpha value is -3.84. The molecule has 402 valence electrons. The van der Waals surface area contributed by atoms with Gasteiger partial charge in [-0.15, -0.1) is 0 Å². The first-order chi connectivity index (χ1) is 34.1. The number of aliphatic hydroxyl groups is 3. The maximum absolute atomic E-state index is 12.8. The van der Waals surface area contributed by atoms with Crippen molar-refractivity contribution in [3.8, 4) is 0 Å². The summed E-state index contributed by atoms with van der Waals surface area (Å²) in [6, 6.07) is 1.24. The molecule has 3 unspecified atom stereocenters. The molecule has 1 aromatic heterocycles. The van der Waals surface area contributed by atoms with Gasteiger partial charge in [0.2, 0.25) is 0 Å². The van der Waals surface area contributed by atoms with E-state index in [1.165, 1.54) is 57.4 Å². The Morgan fingerprint density at radius 3 is 1.97 bits per heavy atom. The van der Waals surface area contributed by atoms with Gasteiger partial charge in [0, 0.05) is 19.0 Å². The van der Waals surface area contributed by atoms with Crippen molar-refractivity contribution in [2.24, 2.45) is 0 Å². The SMILES string of the molecule is CC/C=C\CC(O)/C=C/C=C/C/C=C\C/C=C\C/C=C\CCC(=O)OC[C@H](COP(=O)(O)OP(=O)(O)OC[C@H]1O[C@@H](n2ccc(N)nc2=O)[C@H](O)[C@@H]1O)OC(=O)CCCCCCCCCCCCCCC. The third-order valence-electron chi connectivity index (χ3n) is 10.9. The molecule has 0 bridgehead atoms. The topological polar surface area (TPSA) is 286 Å². The van der Waals surface area contributed by atoms with Gasteiger partial charge in [-0.2, -0.15) is 9.29 Å². The predicted octanol–water partition coefficient (Wildman–Crippen LogP) is 9.08. The van der Waals surface area contributed by atoms with Crippen LogP contribution in [0.25, 0.3) is 0 Å². The molecule has 0 radical (unpaired) electrons. The molecule has 0 aromatic carbocycles. The lowest BCUT2D eigenvalue weighted by molar-refractivity contribution is -0.161. The van der Waals surface area contributed by atoms with Gasteiger partial charge in [-0.25, -0.2) is 13.9 Å². The molecular weight excluding hydrogens is 961 g/mol. The average molecular weight is 1040 g/mol. The zero-order chi connectivity index (χ0) is 52.2. The molecule has 0 spiro atoms. The fraction of sp³-hybridized carbons (Fsp3) is 0.640. The second-order valence-electron chi connectivity index (χ2n) is 17.1. The monoisotopic (exact) mass is 1040 g/mol. The number of hydrogen-bond acceptors (Lipinski definition) is 16. The van der Waals surface area contributed by atoms with Crippen LogP contribution in [0, 0.1) is 0 Å². The lowest BCUT2D eigenvalue weighted by Gasteiger charge is -2.21. The van der Waals surface area contributed by atoms with Crippen molar-refractivity contribution in [2.45, 2.75) is 185 Å². The normalized spacial score (nSPS) is 20.2. The molecule has 7 N–H and O–H groups in total. The van der Waals surface area contributed by atoms with Gasteiger partial charge < -0.3 is 45.1 Å². The van der Waals surface area contributed by atoms with Crippen LogP contribution < -0.4 is 11.4 Å². The number of carbonyl (C=O) groups excluding carboxylic acids is 2. The zero-order valence-electron chi connectivity index (χ0n) is 41.6. The number of esters is 2. The first-order valence-electron chi connectivity index (χ1n) is 25.1. The number of anilines is 1. The summed E-state index contributed by atoms with van der Waals surface area (Å²) in [6.45, 7) is 1.86. The number of nitrogens with two attached hydrogens (primary N) is 1. The summed E-state index contributed by atoms with van der Waals surface area (Å²) >= 11 is 0. The Labute approximate surface area is 419 Å². The van der Waals surface area contributed by atoms with Crippen LogP contribution in [0.5, 0.6) is 0 Å². The number of hydrogen-bond donors (Lipinski definition) is 6. The number of carbonyl (C=O) groups is 2. The van der Waals surface area contributed by atoms with Crippen molar-refractivity contribution in [3.05, 3.63) is 95.7 Å². The number of allylic oxidation sites excluding steroid dienone is 10. The van der Waals surface area contributed by atoms with Crippen LogP contribution in [0.15, 0.2) is 90.0 Å². The molecule has 1 aliphatic rings. The fourth-order valence-electron chi connectivity index (χ4n) is 7.01. The molecule has 19 nitrogen and oxygen atoms in total. The Balaban J connectivity index is 1.84. The number of aromatic nitrogens is 2. The minimum Gasteiger partial charge on any atom is -0.462 e. The van der Waals surface area contributed by atoms with Crippen molar-refractivity contribution < 1.29 is 71.4 Å². The third kappa shape index (κ3) is 30.7. The lowest BCUT2D eigenvalue weighted by atomic mass is 10.0. The number of phosphoric ester groups is 2. The highest BCUT2D eigenvalue weighted by Gasteiger charge is 2.46. The van der Waals surface area contributed by atoms with Crippen LogP contribution >= 0.6 is 15.6 Å². The Morgan fingerprint density at radius 1 is 0.761 bits per heavy atom. The first kappa shape index (κ1) is 63.3. The van der Waals surface area contributed by atoms with Crippen LogP contribution in [-0.4, -0.2) is 96.9 Å². The van der Waals surface area contributed by atoms with Gasteiger partial charge in [0.25, 0.3) is 0 Å². The van der Waals surface area contributed by atoms with Crippen molar-refractivity contribution in [2.75, 3.05) is 25.6 Å². The summed E-state index contributed by atoms with van der Waals surface area (Å²) in [4.78, 5) is 61.8. The summed E-state index contributed by atoms with van der Waals surface area (Å²) in [6.07, 6.45) is 34.7. The number of nitrogen functional groups attached to an aromatic ring is 1. The Bertz CT molecular complexity index is 1990. The van der Waals surface area contributed by atoms with Crippen molar-refractivity contribution in [3.63, 3.8) is 0 Å². The van der Waals surface area contributed by atoms with E-state index in [2.05, 4.69) is 16.2 Å². The molecule has 1 fully saturated rings. The van der Waals surface area contributed by atoms with Gasteiger partial charge in [-0.05, 0) is 51.0 Å². The zero-order valence-corrected chi connectivity index (χ0v) is 43.4. The van der Waals surface area contributed by atoms with E-state index in [0.29, 0.717) is 25.7 Å². The highest BCUT2D eigenvalue weighted by molar-refractivity contribution is 7.61. The predicted molar refractivity (Wildman–Crippen MR) is 271 cm³/mol. The Morgan fingerprint density at radius 2 is 1.35 bits per heavy atom. The number of rotatable bonds is 40. The molecule has 0 saturated carbocycles. The molecule has 1 saturated heterocycles. The van der Waals surface area contributed by atoms with Gasteiger partial charge >= 0.3 is 33.3 Å². The number of phosphoric acid groups is 2. The smallest absolute Gasteiger partial charge is 0.462 e. The molecule has 8 atom stereocenters. The number of unbranched alkanes of at least 4 members (excludes halogenated alkanes) is 12. The molecule has 1 aliphatic heterocycles. The molecule has 71 heavy (non-hydrogen) atoms. The number of nitrogens with zero attached hydrogens (tertiary/aromatic N) is 2. The van der Waals surface area contributed by atoms with Crippen LogP contribution in [0.2, 0.25) is 0 Å². The lowest BCUT2D eigenvalue weighted by Crippen LogP contribution is -2.36. The third-order valence-corrected chi connectivity index (χ3v) is 13.5. The van der Waals surface area contributed by atoms with E-state index >= 15 is 0 Å². The quantitative estimate of drug-likeness (QED) is 0.0117. The molecule has 2 heterocycles. The van der Waals surface area contributed by atoms with Crippen LogP contribution in [-0.2, 0) is 46.3 Å². The van der Waals surface area contributed by atoms with Crippen LogP contribution in [0.3, 0.4) is 0 Å². The van der Waals surface area contributed by atoms with E-state index in [1.54, 1.807) is 6.08 Å². The number of ether oxygens (including phenoxy) is 3. The Kier molecular flexibility index (Phi) is 33.7. The summed E-state index contributed by atoms with van der Waals surface area (Å²) in [5.41, 5.74) is 4.57. The van der Waals surface area contributed by atoms with E-state index in [9.17, 15) is 48.6 Å². The molecule has 1 aromatic rings. The number of aliphatic hydroxyl groups excluding tert-OH is 3. The molecule has 0 amide bonds. The second-order valence-corrected chi connectivity index (χ2v) is 20.2. The first-order valence-corrected chi connectivity index (χ1v) is 28.0. The van der Waals surface area contributed by atoms with Gasteiger partial charge in [-0.1, -0.05) is 164 Å². The highest BCUT2D eigenvalue weighted by atomic mass is 31.3. The maximum Gasteiger partial charge on any atom is 0.481 e. The van der Waals surface area contributed by atoms with Gasteiger partial charge in [0.05, 0.1) is 19.3 Å². The van der Waals surface area contributed by atoms with Gasteiger partial charge in [0.1, 0.15) is 30.7 Å². The van der Waals surface area contributed by atoms with E-state index in [4.69, 9.17) is 29.0 Å². The molecule has 21 heteroatoms. The summed E-state index contributed by atoms with van der Waals surface area (Å²) < 4.78 is 56.6. The molecule has 2 rings (SSSR count). The van der Waals surface area contributed by atoms with Crippen molar-refractivity contribution >= 4 is 33.4 Å². The average Bonchev–Trinajstić information content (AvgIpc) is 3.60. The summed E-state index contributed by atoms with van der Waals surface area (Å²) in [5, 5.41) is 30.8. The molecule has 0 aliphatic carbocycles. The summed E-state index contributed by atoms with van der Waals surface area (Å²) in [7, 11) is -10.9. The van der Waals surface area contributed by atoms with Crippen LogP contribution in [0.4, 0.5) is 5.82 Å². The van der Waals surface area contributed by atoms with E-state index in [1.807, 2.05) is 73.8 Å². The maximum atomic E-state index is 12.8. The minimum atomic E-state index is -5.44. The second kappa shape index (κ2) is 37.8. The summed E-state index contributed by atoms with van der Waals surface area (Å²) in [5.74, 6) is -1.42. The largest absolute Gasteiger partial charge is 0.481 e.